The predicted molar refractivity (Wildman–Crippen MR) is 77.6 cm³/mol. The maximum atomic E-state index is 3.89. The lowest BCUT2D eigenvalue weighted by Gasteiger charge is -2.40. The predicted octanol–water partition coefficient (Wildman–Crippen LogP) is 4.29. The molecule has 4 atom stereocenters. The smallest absolute Gasteiger partial charge is 0.00700 e. The van der Waals surface area contributed by atoms with E-state index in [1.807, 2.05) is 0 Å². The van der Waals surface area contributed by atoms with Crippen LogP contribution in [0.1, 0.15) is 64.2 Å². The lowest BCUT2D eigenvalue weighted by atomic mass is 9.69. The molecule has 2 saturated carbocycles. The van der Waals surface area contributed by atoms with Crippen LogP contribution in [0.3, 0.4) is 0 Å². The lowest BCUT2D eigenvalue weighted by molar-refractivity contribution is 0.141. The second kappa shape index (κ2) is 6.23. The van der Waals surface area contributed by atoms with Gasteiger partial charge in [0.1, 0.15) is 0 Å². The summed E-state index contributed by atoms with van der Waals surface area (Å²) in [5.74, 6) is 3.07. The fourth-order valence-electron chi connectivity index (χ4n) is 4.43. The Bertz CT molecular complexity index is 283. The quantitative estimate of drug-likeness (QED) is 0.734. The topological polar surface area (TPSA) is 12.0 Å². The number of fused-ring (bicyclic) bond motifs is 1. The molecule has 1 heteroatoms. The van der Waals surface area contributed by atoms with E-state index in [0.29, 0.717) is 0 Å². The summed E-state index contributed by atoms with van der Waals surface area (Å²) >= 11 is 0. The standard InChI is InChI=1S/C17H29N/c1-2-6-14(7-3-1)13-18-17-11-10-15-8-4-5-9-16(15)12-17/h1-2,14-18H,3-13H2. The molecular formula is C17H29N. The van der Waals surface area contributed by atoms with E-state index in [1.165, 1.54) is 70.8 Å². The molecular weight excluding hydrogens is 218 g/mol. The molecule has 0 radical (unpaired) electrons. The molecule has 0 saturated heterocycles. The minimum Gasteiger partial charge on any atom is -0.314 e. The number of allylic oxidation sites excluding steroid dienone is 2. The van der Waals surface area contributed by atoms with E-state index in [-0.39, 0.29) is 0 Å². The van der Waals surface area contributed by atoms with Gasteiger partial charge < -0.3 is 5.32 Å². The van der Waals surface area contributed by atoms with E-state index in [1.54, 1.807) is 0 Å². The molecule has 18 heavy (non-hydrogen) atoms. The van der Waals surface area contributed by atoms with Gasteiger partial charge >= 0.3 is 0 Å². The molecule has 3 aliphatic carbocycles. The number of rotatable bonds is 3. The van der Waals surface area contributed by atoms with Crippen molar-refractivity contribution in [1.82, 2.24) is 5.32 Å². The van der Waals surface area contributed by atoms with Gasteiger partial charge in [0.25, 0.3) is 0 Å². The lowest BCUT2D eigenvalue weighted by Crippen LogP contribution is -2.40. The Morgan fingerprint density at radius 2 is 1.78 bits per heavy atom. The van der Waals surface area contributed by atoms with Crippen LogP contribution in [-0.4, -0.2) is 12.6 Å². The zero-order valence-electron chi connectivity index (χ0n) is 11.7. The zero-order valence-corrected chi connectivity index (χ0v) is 11.7. The Balaban J connectivity index is 1.42. The highest BCUT2D eigenvalue weighted by molar-refractivity contribution is 4.92. The molecule has 0 spiro atoms. The number of nitrogens with one attached hydrogen (secondary N) is 1. The third-order valence-corrected chi connectivity index (χ3v) is 5.61. The van der Waals surface area contributed by atoms with Crippen molar-refractivity contribution in [3.63, 3.8) is 0 Å². The summed E-state index contributed by atoms with van der Waals surface area (Å²) in [6, 6.07) is 0.843. The van der Waals surface area contributed by atoms with Crippen molar-refractivity contribution >= 4 is 0 Å². The van der Waals surface area contributed by atoms with Crippen LogP contribution in [0.15, 0.2) is 12.2 Å². The molecule has 1 N–H and O–H groups in total. The highest BCUT2D eigenvalue weighted by atomic mass is 14.9. The van der Waals surface area contributed by atoms with Gasteiger partial charge in [-0.3, -0.25) is 0 Å². The number of hydrogen-bond donors (Lipinski definition) is 1. The summed E-state index contributed by atoms with van der Waals surface area (Å²) in [4.78, 5) is 0. The largest absolute Gasteiger partial charge is 0.314 e. The van der Waals surface area contributed by atoms with Gasteiger partial charge in [-0.1, -0.05) is 37.8 Å². The minimum atomic E-state index is 0.843. The second-order valence-electron chi connectivity index (χ2n) is 6.87. The van der Waals surface area contributed by atoms with Crippen molar-refractivity contribution in [3.8, 4) is 0 Å². The van der Waals surface area contributed by atoms with Gasteiger partial charge in [-0.05, 0) is 62.8 Å². The molecule has 0 heterocycles. The van der Waals surface area contributed by atoms with Crippen molar-refractivity contribution in [1.29, 1.82) is 0 Å². The maximum Gasteiger partial charge on any atom is 0.00700 e. The monoisotopic (exact) mass is 247 g/mol. The molecule has 1 nitrogen and oxygen atoms in total. The normalized spacial score (nSPS) is 40.4. The van der Waals surface area contributed by atoms with Crippen molar-refractivity contribution in [2.45, 2.75) is 70.3 Å². The van der Waals surface area contributed by atoms with Crippen molar-refractivity contribution in [2.24, 2.45) is 17.8 Å². The number of hydrogen-bond acceptors (Lipinski definition) is 1. The van der Waals surface area contributed by atoms with E-state index in [0.717, 1.165) is 23.8 Å². The first-order valence-corrected chi connectivity index (χ1v) is 8.30. The van der Waals surface area contributed by atoms with Crippen molar-refractivity contribution in [2.75, 3.05) is 6.54 Å². The van der Waals surface area contributed by atoms with E-state index in [9.17, 15) is 0 Å². The van der Waals surface area contributed by atoms with Crippen LogP contribution in [-0.2, 0) is 0 Å². The van der Waals surface area contributed by atoms with Gasteiger partial charge in [0.2, 0.25) is 0 Å². The average Bonchev–Trinajstić information content (AvgIpc) is 2.46. The van der Waals surface area contributed by atoms with Crippen LogP contribution >= 0.6 is 0 Å². The van der Waals surface area contributed by atoms with E-state index >= 15 is 0 Å². The van der Waals surface area contributed by atoms with Gasteiger partial charge in [-0.2, -0.15) is 0 Å². The highest BCUT2D eigenvalue weighted by Gasteiger charge is 2.31. The molecule has 0 aromatic carbocycles. The third-order valence-electron chi connectivity index (χ3n) is 5.61. The summed E-state index contributed by atoms with van der Waals surface area (Å²) in [7, 11) is 0. The molecule has 102 valence electrons. The second-order valence-corrected chi connectivity index (χ2v) is 6.87. The molecule has 3 aliphatic rings. The SMILES string of the molecule is C1=CCC(CNC2CCC3CCCCC3C2)CC1. The Morgan fingerprint density at radius 3 is 2.61 bits per heavy atom. The van der Waals surface area contributed by atoms with Gasteiger partial charge in [0, 0.05) is 6.04 Å². The molecule has 4 unspecified atom stereocenters. The van der Waals surface area contributed by atoms with E-state index in [4.69, 9.17) is 0 Å². The zero-order chi connectivity index (χ0) is 12.2. The summed E-state index contributed by atoms with van der Waals surface area (Å²) in [5, 5.41) is 3.89. The van der Waals surface area contributed by atoms with Gasteiger partial charge in [-0.15, -0.1) is 0 Å². The summed E-state index contributed by atoms with van der Waals surface area (Å²) < 4.78 is 0. The van der Waals surface area contributed by atoms with Crippen molar-refractivity contribution < 1.29 is 0 Å². The van der Waals surface area contributed by atoms with E-state index in [2.05, 4.69) is 17.5 Å². The fourth-order valence-corrected chi connectivity index (χ4v) is 4.43. The first-order valence-electron chi connectivity index (χ1n) is 8.30. The van der Waals surface area contributed by atoms with Crippen molar-refractivity contribution in [3.05, 3.63) is 12.2 Å². The fraction of sp³-hybridized carbons (Fsp3) is 0.882. The average molecular weight is 247 g/mol. The first kappa shape index (κ1) is 12.7. The molecule has 0 bridgehead atoms. The molecule has 0 amide bonds. The summed E-state index contributed by atoms with van der Waals surface area (Å²) in [5.41, 5.74) is 0. The van der Waals surface area contributed by atoms with Gasteiger partial charge in [0.05, 0.1) is 0 Å². The summed E-state index contributed by atoms with van der Waals surface area (Å²) in [6.07, 6.45) is 19.3. The molecule has 2 fully saturated rings. The molecule has 0 aliphatic heterocycles. The van der Waals surface area contributed by atoms with Crippen LogP contribution in [0.2, 0.25) is 0 Å². The van der Waals surface area contributed by atoms with Crippen LogP contribution in [0.4, 0.5) is 0 Å². The highest BCUT2D eigenvalue weighted by Crippen LogP contribution is 2.40. The van der Waals surface area contributed by atoms with Gasteiger partial charge in [0.15, 0.2) is 0 Å². The summed E-state index contributed by atoms with van der Waals surface area (Å²) in [6.45, 7) is 1.27. The van der Waals surface area contributed by atoms with Gasteiger partial charge in [-0.25, -0.2) is 0 Å². The molecule has 3 rings (SSSR count). The minimum absolute atomic E-state index is 0.843. The molecule has 0 aromatic heterocycles. The Hall–Kier alpha value is -0.300. The van der Waals surface area contributed by atoms with E-state index < -0.39 is 0 Å². The Labute approximate surface area is 112 Å². The third kappa shape index (κ3) is 3.17. The Morgan fingerprint density at radius 1 is 0.889 bits per heavy atom. The van der Waals surface area contributed by atoms with Crippen LogP contribution in [0, 0.1) is 17.8 Å². The maximum absolute atomic E-state index is 3.89. The van der Waals surface area contributed by atoms with Crippen LogP contribution in [0.25, 0.3) is 0 Å². The first-order chi connectivity index (χ1) is 8.92. The van der Waals surface area contributed by atoms with Crippen LogP contribution < -0.4 is 5.32 Å². The Kier molecular flexibility index (Phi) is 4.40. The van der Waals surface area contributed by atoms with Crippen LogP contribution in [0.5, 0.6) is 0 Å². The molecule has 0 aromatic rings.